The third kappa shape index (κ3) is 4.87. The zero-order chi connectivity index (χ0) is 12.9. The number of thioether (sulfide) groups is 1. The number of nitrogens with one attached hydrogen (secondary N) is 1. The van der Waals surface area contributed by atoms with Crippen molar-refractivity contribution in [2.24, 2.45) is 0 Å². The van der Waals surface area contributed by atoms with Gasteiger partial charge in [0.25, 0.3) is 0 Å². The van der Waals surface area contributed by atoms with Crippen LogP contribution in [0.2, 0.25) is 0 Å². The lowest BCUT2D eigenvalue weighted by molar-refractivity contribution is 0.0845. The lowest BCUT2D eigenvalue weighted by Gasteiger charge is -2.22. The standard InChI is InChI=1S/C12H18BrNO2S/c1-12(16,8-17-2)7-14-6-9-4-3-5-10(13)11(9)15/h3-5,14-16H,6-8H2,1-2H3. The number of halogens is 1. The Hall–Kier alpha value is -0.230. The van der Waals surface area contributed by atoms with E-state index in [1.54, 1.807) is 24.8 Å². The maximum Gasteiger partial charge on any atom is 0.134 e. The molecule has 0 aromatic heterocycles. The highest BCUT2D eigenvalue weighted by molar-refractivity contribution is 9.10. The maximum atomic E-state index is 9.96. The number of hydrogen-bond acceptors (Lipinski definition) is 4. The Kier molecular flexibility index (Phi) is 5.79. The Labute approximate surface area is 115 Å². The number of phenolic OH excluding ortho intramolecular Hbond substituents is 1. The largest absolute Gasteiger partial charge is 0.506 e. The predicted octanol–water partition coefficient (Wildman–Crippen LogP) is 2.36. The molecule has 1 atom stereocenters. The van der Waals surface area contributed by atoms with E-state index in [-0.39, 0.29) is 5.75 Å². The Morgan fingerprint density at radius 1 is 1.47 bits per heavy atom. The second kappa shape index (κ2) is 6.64. The predicted molar refractivity (Wildman–Crippen MR) is 76.5 cm³/mol. The summed E-state index contributed by atoms with van der Waals surface area (Å²) in [5.41, 5.74) is 0.0976. The lowest BCUT2D eigenvalue weighted by Crippen LogP contribution is -2.39. The Morgan fingerprint density at radius 2 is 2.18 bits per heavy atom. The number of phenols is 1. The average Bonchev–Trinajstić information content (AvgIpc) is 2.24. The van der Waals surface area contributed by atoms with Crippen LogP contribution in [-0.4, -0.2) is 34.4 Å². The summed E-state index contributed by atoms with van der Waals surface area (Å²) in [6, 6.07) is 5.53. The molecule has 0 spiro atoms. The molecule has 1 unspecified atom stereocenters. The molecule has 3 nitrogen and oxygen atoms in total. The van der Waals surface area contributed by atoms with E-state index in [0.29, 0.717) is 23.3 Å². The summed E-state index contributed by atoms with van der Waals surface area (Å²) in [6.45, 7) is 2.84. The third-order valence-electron chi connectivity index (χ3n) is 2.35. The van der Waals surface area contributed by atoms with Gasteiger partial charge in [-0.25, -0.2) is 0 Å². The number of aromatic hydroxyl groups is 1. The van der Waals surface area contributed by atoms with Crippen molar-refractivity contribution < 1.29 is 10.2 Å². The van der Waals surface area contributed by atoms with Gasteiger partial charge in [-0.15, -0.1) is 0 Å². The quantitative estimate of drug-likeness (QED) is 0.753. The van der Waals surface area contributed by atoms with Crippen LogP contribution >= 0.6 is 27.7 Å². The van der Waals surface area contributed by atoms with Crippen LogP contribution in [0.25, 0.3) is 0 Å². The average molecular weight is 320 g/mol. The molecular formula is C12H18BrNO2S. The van der Waals surface area contributed by atoms with Gasteiger partial charge in [0.1, 0.15) is 5.75 Å². The van der Waals surface area contributed by atoms with E-state index in [1.807, 2.05) is 18.4 Å². The fraction of sp³-hybridized carbons (Fsp3) is 0.500. The minimum Gasteiger partial charge on any atom is -0.506 e. The zero-order valence-corrected chi connectivity index (χ0v) is 12.4. The van der Waals surface area contributed by atoms with Crippen molar-refractivity contribution in [3.05, 3.63) is 28.2 Å². The van der Waals surface area contributed by atoms with Gasteiger partial charge in [-0.05, 0) is 35.2 Å². The summed E-state index contributed by atoms with van der Waals surface area (Å²) >= 11 is 4.89. The van der Waals surface area contributed by atoms with Crippen molar-refractivity contribution >= 4 is 27.7 Å². The molecule has 0 bridgehead atoms. The van der Waals surface area contributed by atoms with E-state index in [9.17, 15) is 10.2 Å². The third-order valence-corrected chi connectivity index (χ3v) is 3.90. The van der Waals surface area contributed by atoms with Gasteiger partial charge in [-0.2, -0.15) is 11.8 Å². The molecule has 0 saturated carbocycles. The number of benzene rings is 1. The second-order valence-corrected chi connectivity index (χ2v) is 6.00. The molecule has 1 rings (SSSR count). The van der Waals surface area contributed by atoms with Crippen LogP contribution in [0.15, 0.2) is 22.7 Å². The molecule has 0 fully saturated rings. The van der Waals surface area contributed by atoms with Crippen LogP contribution in [0.3, 0.4) is 0 Å². The van der Waals surface area contributed by atoms with Gasteiger partial charge in [-0.3, -0.25) is 0 Å². The van der Waals surface area contributed by atoms with E-state index >= 15 is 0 Å². The number of rotatable bonds is 6. The highest BCUT2D eigenvalue weighted by atomic mass is 79.9. The molecule has 1 aromatic carbocycles. The summed E-state index contributed by atoms with van der Waals surface area (Å²) in [5, 5.41) is 22.9. The minimum atomic E-state index is -0.721. The first kappa shape index (κ1) is 14.8. The number of hydrogen-bond donors (Lipinski definition) is 3. The highest BCUT2D eigenvalue weighted by Gasteiger charge is 2.18. The number of para-hydroxylation sites is 1. The van der Waals surface area contributed by atoms with Gasteiger partial charge in [0, 0.05) is 24.4 Å². The van der Waals surface area contributed by atoms with Gasteiger partial charge in [0.05, 0.1) is 10.1 Å². The fourth-order valence-electron chi connectivity index (χ4n) is 1.53. The van der Waals surface area contributed by atoms with E-state index in [1.165, 1.54) is 0 Å². The topological polar surface area (TPSA) is 52.5 Å². The second-order valence-electron chi connectivity index (χ2n) is 4.28. The van der Waals surface area contributed by atoms with Crippen molar-refractivity contribution in [2.45, 2.75) is 19.1 Å². The molecule has 0 heterocycles. The van der Waals surface area contributed by atoms with Gasteiger partial charge in [0.15, 0.2) is 0 Å². The molecule has 96 valence electrons. The zero-order valence-electron chi connectivity index (χ0n) is 10.0. The van der Waals surface area contributed by atoms with Gasteiger partial charge in [0.2, 0.25) is 0 Å². The normalized spacial score (nSPS) is 14.6. The van der Waals surface area contributed by atoms with Crippen molar-refractivity contribution in [3.63, 3.8) is 0 Å². The van der Waals surface area contributed by atoms with Crippen molar-refractivity contribution in [2.75, 3.05) is 18.6 Å². The lowest BCUT2D eigenvalue weighted by atomic mass is 10.1. The maximum absolute atomic E-state index is 9.96. The van der Waals surface area contributed by atoms with Crippen LogP contribution in [0.1, 0.15) is 12.5 Å². The Morgan fingerprint density at radius 3 is 2.82 bits per heavy atom. The molecule has 17 heavy (non-hydrogen) atoms. The van der Waals surface area contributed by atoms with Crippen LogP contribution in [0.4, 0.5) is 0 Å². The summed E-state index contributed by atoms with van der Waals surface area (Å²) in [7, 11) is 0. The van der Waals surface area contributed by atoms with Gasteiger partial charge >= 0.3 is 0 Å². The molecule has 5 heteroatoms. The molecule has 0 radical (unpaired) electrons. The fourth-order valence-corrected chi connectivity index (χ4v) is 2.66. The molecule has 0 aliphatic carbocycles. The molecule has 0 saturated heterocycles. The van der Waals surface area contributed by atoms with E-state index < -0.39 is 5.60 Å². The first-order valence-corrected chi connectivity index (χ1v) is 7.53. The van der Waals surface area contributed by atoms with E-state index in [0.717, 1.165) is 5.56 Å². The summed E-state index contributed by atoms with van der Waals surface area (Å²) in [4.78, 5) is 0. The summed E-state index contributed by atoms with van der Waals surface area (Å²) < 4.78 is 0.688. The Balaban J connectivity index is 2.49. The first-order chi connectivity index (χ1) is 7.96. The first-order valence-electron chi connectivity index (χ1n) is 5.34. The summed E-state index contributed by atoms with van der Waals surface area (Å²) in [6.07, 6.45) is 1.97. The minimum absolute atomic E-state index is 0.254. The number of aliphatic hydroxyl groups is 1. The van der Waals surface area contributed by atoms with Crippen molar-refractivity contribution in [3.8, 4) is 5.75 Å². The molecule has 0 aliphatic rings. The molecule has 1 aromatic rings. The van der Waals surface area contributed by atoms with Crippen LogP contribution in [0, 0.1) is 0 Å². The molecule has 0 amide bonds. The SMILES string of the molecule is CSCC(C)(O)CNCc1cccc(Br)c1O. The van der Waals surface area contributed by atoms with Crippen molar-refractivity contribution in [1.29, 1.82) is 0 Å². The molecule has 0 aliphatic heterocycles. The van der Waals surface area contributed by atoms with Crippen LogP contribution < -0.4 is 5.32 Å². The van der Waals surface area contributed by atoms with Gasteiger partial charge < -0.3 is 15.5 Å². The van der Waals surface area contributed by atoms with Crippen molar-refractivity contribution in [1.82, 2.24) is 5.32 Å². The summed E-state index contributed by atoms with van der Waals surface area (Å²) in [5.74, 6) is 0.939. The molecular weight excluding hydrogens is 302 g/mol. The van der Waals surface area contributed by atoms with E-state index in [2.05, 4.69) is 21.2 Å². The van der Waals surface area contributed by atoms with Gasteiger partial charge in [-0.1, -0.05) is 12.1 Å². The monoisotopic (exact) mass is 319 g/mol. The van der Waals surface area contributed by atoms with Crippen LogP contribution in [0.5, 0.6) is 5.75 Å². The Bertz CT molecular complexity index is 372. The molecule has 3 N–H and O–H groups in total. The highest BCUT2D eigenvalue weighted by Crippen LogP contribution is 2.27. The smallest absolute Gasteiger partial charge is 0.134 e. The van der Waals surface area contributed by atoms with Crippen LogP contribution in [-0.2, 0) is 6.54 Å². The van der Waals surface area contributed by atoms with E-state index in [4.69, 9.17) is 0 Å².